The molecule has 1 aliphatic rings. The molecule has 1 heterocycles. The van der Waals surface area contributed by atoms with Crippen LogP contribution in [-0.2, 0) is 0 Å². The number of nitriles is 1. The van der Waals surface area contributed by atoms with E-state index in [0.717, 1.165) is 5.57 Å². The van der Waals surface area contributed by atoms with Crippen LogP contribution in [0.3, 0.4) is 0 Å². The maximum absolute atomic E-state index is 8.59. The zero-order chi connectivity index (χ0) is 8.10. The summed E-state index contributed by atoms with van der Waals surface area (Å²) in [6.07, 6.45) is 6.25. The molecule has 0 aromatic heterocycles. The maximum Gasteiger partial charge on any atom is 0.0965 e. The Balaban J connectivity index is 2.55. The Morgan fingerprint density at radius 1 is 1.73 bits per heavy atom. The first-order chi connectivity index (χ1) is 5.36. The Kier molecular flexibility index (Phi) is 2.70. The van der Waals surface area contributed by atoms with Crippen LogP contribution in [0.2, 0.25) is 0 Å². The summed E-state index contributed by atoms with van der Waals surface area (Å²) in [7, 11) is 0. The molecule has 0 bridgehead atoms. The second-order valence-corrected chi connectivity index (χ2v) is 2.32. The van der Waals surface area contributed by atoms with Crippen molar-refractivity contribution in [2.24, 2.45) is 0 Å². The lowest BCUT2D eigenvalue weighted by molar-refractivity contribution is 0.262. The van der Waals surface area contributed by atoms with Crippen LogP contribution in [0.25, 0.3) is 0 Å². The fraction of sp³-hybridized carbons (Fsp3) is 0.375. The van der Waals surface area contributed by atoms with Gasteiger partial charge in [-0.15, -0.1) is 0 Å². The van der Waals surface area contributed by atoms with E-state index in [-0.39, 0.29) is 6.61 Å². The second-order valence-electron chi connectivity index (χ2n) is 2.32. The lowest BCUT2D eigenvalue weighted by atomic mass is 10.2. The molecule has 0 aromatic rings. The number of allylic oxidation sites excluding steroid dienone is 2. The number of aliphatic hydroxyl groups is 1. The smallest absolute Gasteiger partial charge is 0.0965 e. The Morgan fingerprint density at radius 3 is 3.18 bits per heavy atom. The lowest BCUT2D eigenvalue weighted by Gasteiger charge is -2.17. The highest BCUT2D eigenvalue weighted by Crippen LogP contribution is 2.09. The molecule has 3 heteroatoms. The third kappa shape index (κ3) is 2.10. The van der Waals surface area contributed by atoms with Crippen LogP contribution in [0.1, 0.15) is 6.42 Å². The summed E-state index contributed by atoms with van der Waals surface area (Å²) in [4.78, 5) is 1.81. The number of aliphatic hydroxyl groups excluding tert-OH is 1. The maximum atomic E-state index is 8.59. The first-order valence-electron chi connectivity index (χ1n) is 3.51. The van der Waals surface area contributed by atoms with E-state index < -0.39 is 0 Å². The summed E-state index contributed by atoms with van der Waals surface area (Å²) in [5.74, 6) is 0. The molecule has 0 aromatic carbocycles. The first kappa shape index (κ1) is 7.83. The predicted octanol–water partition coefficient (Wildman–Crippen LogP) is 0.606. The summed E-state index contributed by atoms with van der Waals surface area (Å²) in [6, 6.07) is 2.08. The van der Waals surface area contributed by atoms with Gasteiger partial charge in [0.1, 0.15) is 0 Å². The molecule has 58 valence electrons. The molecule has 0 saturated heterocycles. The van der Waals surface area contributed by atoms with E-state index in [2.05, 4.69) is 6.07 Å². The van der Waals surface area contributed by atoms with Gasteiger partial charge in [0.05, 0.1) is 12.7 Å². The molecule has 1 aliphatic heterocycles. The Hall–Kier alpha value is -1.27. The van der Waals surface area contributed by atoms with Crippen molar-refractivity contribution >= 4 is 0 Å². The van der Waals surface area contributed by atoms with Crippen LogP contribution in [0.15, 0.2) is 24.0 Å². The van der Waals surface area contributed by atoms with Crippen LogP contribution in [-0.4, -0.2) is 23.2 Å². The molecule has 0 spiro atoms. The minimum Gasteiger partial charge on any atom is -0.395 e. The molecule has 3 nitrogen and oxygen atoms in total. The minimum absolute atomic E-state index is 0.111. The van der Waals surface area contributed by atoms with Crippen LogP contribution in [0.5, 0.6) is 0 Å². The molecule has 1 N–H and O–H groups in total. The van der Waals surface area contributed by atoms with Gasteiger partial charge in [0.25, 0.3) is 0 Å². The van der Waals surface area contributed by atoms with Crippen LogP contribution < -0.4 is 0 Å². The number of β-amino-alcohol motifs (C(OH)–C–C–N with tert-alkyl or cyclic N) is 1. The Morgan fingerprint density at radius 2 is 2.55 bits per heavy atom. The summed E-state index contributed by atoms with van der Waals surface area (Å²) >= 11 is 0. The zero-order valence-corrected chi connectivity index (χ0v) is 6.20. The molecular formula is C8H10N2O. The molecule has 0 radical (unpaired) electrons. The summed E-state index contributed by atoms with van der Waals surface area (Å²) in [5.41, 5.74) is 0.737. The van der Waals surface area contributed by atoms with Crippen molar-refractivity contribution in [2.45, 2.75) is 6.42 Å². The van der Waals surface area contributed by atoms with Crippen LogP contribution in [0, 0.1) is 11.3 Å². The molecule has 0 unspecified atom stereocenters. The monoisotopic (exact) mass is 150 g/mol. The molecule has 0 aliphatic carbocycles. The van der Waals surface area contributed by atoms with Gasteiger partial charge in [-0.2, -0.15) is 5.26 Å². The van der Waals surface area contributed by atoms with E-state index in [9.17, 15) is 0 Å². The Bertz CT molecular complexity index is 225. The van der Waals surface area contributed by atoms with Gasteiger partial charge in [0.15, 0.2) is 0 Å². The van der Waals surface area contributed by atoms with Crippen molar-refractivity contribution in [3.63, 3.8) is 0 Å². The topological polar surface area (TPSA) is 47.3 Å². The SMILES string of the molecule is N#CC1=CN(CCO)C=CC1. The summed E-state index contributed by atoms with van der Waals surface area (Å²) in [6.45, 7) is 0.668. The normalized spacial score (nSPS) is 16.0. The van der Waals surface area contributed by atoms with Gasteiger partial charge in [-0.1, -0.05) is 6.08 Å². The standard InChI is InChI=1S/C8H10N2O/c9-6-8-2-1-3-10(7-8)4-5-11/h1,3,7,11H,2,4-5H2. The average Bonchev–Trinajstić information content (AvgIpc) is 2.06. The van der Waals surface area contributed by atoms with Crippen molar-refractivity contribution in [3.8, 4) is 6.07 Å². The van der Waals surface area contributed by atoms with Gasteiger partial charge in [0.2, 0.25) is 0 Å². The van der Waals surface area contributed by atoms with Crippen molar-refractivity contribution in [3.05, 3.63) is 24.0 Å². The van der Waals surface area contributed by atoms with E-state index in [0.29, 0.717) is 13.0 Å². The van der Waals surface area contributed by atoms with Gasteiger partial charge in [-0.05, 0) is 6.20 Å². The summed E-state index contributed by atoms with van der Waals surface area (Å²) < 4.78 is 0. The first-order valence-corrected chi connectivity index (χ1v) is 3.51. The molecule has 11 heavy (non-hydrogen) atoms. The highest BCUT2D eigenvalue weighted by atomic mass is 16.3. The molecule has 0 amide bonds. The van der Waals surface area contributed by atoms with Crippen molar-refractivity contribution in [2.75, 3.05) is 13.2 Å². The molecule has 0 fully saturated rings. The molecule has 1 rings (SSSR count). The van der Waals surface area contributed by atoms with E-state index in [1.807, 2.05) is 17.2 Å². The van der Waals surface area contributed by atoms with Crippen molar-refractivity contribution in [1.82, 2.24) is 4.90 Å². The van der Waals surface area contributed by atoms with E-state index in [1.54, 1.807) is 6.20 Å². The van der Waals surface area contributed by atoms with Crippen molar-refractivity contribution in [1.29, 1.82) is 5.26 Å². The van der Waals surface area contributed by atoms with Crippen molar-refractivity contribution < 1.29 is 5.11 Å². The quantitative estimate of drug-likeness (QED) is 0.627. The van der Waals surface area contributed by atoms with E-state index in [1.165, 1.54) is 0 Å². The van der Waals surface area contributed by atoms with Gasteiger partial charge < -0.3 is 10.0 Å². The third-order valence-corrected chi connectivity index (χ3v) is 1.46. The average molecular weight is 150 g/mol. The number of rotatable bonds is 2. The predicted molar refractivity (Wildman–Crippen MR) is 41.2 cm³/mol. The van der Waals surface area contributed by atoms with Crippen LogP contribution >= 0.6 is 0 Å². The van der Waals surface area contributed by atoms with Gasteiger partial charge in [-0.25, -0.2) is 0 Å². The summed E-state index contributed by atoms with van der Waals surface area (Å²) in [5, 5.41) is 17.1. The third-order valence-electron chi connectivity index (χ3n) is 1.46. The minimum atomic E-state index is 0.111. The largest absolute Gasteiger partial charge is 0.395 e. The fourth-order valence-corrected chi connectivity index (χ4v) is 0.940. The lowest BCUT2D eigenvalue weighted by Crippen LogP contribution is -2.16. The van der Waals surface area contributed by atoms with Gasteiger partial charge >= 0.3 is 0 Å². The zero-order valence-electron chi connectivity index (χ0n) is 6.20. The van der Waals surface area contributed by atoms with Gasteiger partial charge in [0, 0.05) is 24.7 Å². The highest BCUT2D eigenvalue weighted by molar-refractivity contribution is 5.26. The number of nitrogens with zero attached hydrogens (tertiary/aromatic N) is 2. The van der Waals surface area contributed by atoms with E-state index >= 15 is 0 Å². The molecular weight excluding hydrogens is 140 g/mol. The second kappa shape index (κ2) is 3.79. The van der Waals surface area contributed by atoms with E-state index in [4.69, 9.17) is 10.4 Å². The highest BCUT2D eigenvalue weighted by Gasteiger charge is 2.02. The molecule has 0 atom stereocenters. The van der Waals surface area contributed by atoms with Crippen LogP contribution in [0.4, 0.5) is 0 Å². The molecule has 0 saturated carbocycles. The number of hydrogen-bond donors (Lipinski definition) is 1. The Labute approximate surface area is 65.9 Å². The van der Waals surface area contributed by atoms with Gasteiger partial charge in [-0.3, -0.25) is 0 Å². The fourth-order valence-electron chi connectivity index (χ4n) is 0.940. The number of hydrogen-bond acceptors (Lipinski definition) is 3.